The maximum absolute atomic E-state index is 6.13. The first-order valence-electron chi connectivity index (χ1n) is 9.47. The van der Waals surface area contributed by atoms with Crippen molar-refractivity contribution in [2.24, 2.45) is 0 Å². The Morgan fingerprint density at radius 1 is 0.750 bits per heavy atom. The zero-order chi connectivity index (χ0) is 18.8. The highest BCUT2D eigenvalue weighted by atomic mass is 16.3. The number of rotatable bonds is 4. The number of oxazole rings is 1. The van der Waals surface area contributed by atoms with Crippen LogP contribution in [0.25, 0.3) is 39.4 Å². The first-order valence-corrected chi connectivity index (χ1v) is 9.47. The smallest absolute Gasteiger partial charge is 0.228 e. The molecule has 2 heteroatoms. The second kappa shape index (κ2) is 7.16. The van der Waals surface area contributed by atoms with Crippen molar-refractivity contribution in [1.29, 1.82) is 0 Å². The molecular formula is C26H19NO. The molecule has 0 fully saturated rings. The van der Waals surface area contributed by atoms with E-state index in [1.807, 2.05) is 30.3 Å². The number of fused-ring (bicyclic) bond motifs is 2. The van der Waals surface area contributed by atoms with E-state index in [0.717, 1.165) is 23.1 Å². The molecule has 0 saturated carbocycles. The Kier molecular flexibility index (Phi) is 4.23. The van der Waals surface area contributed by atoms with Crippen molar-refractivity contribution in [3.63, 3.8) is 0 Å². The van der Waals surface area contributed by atoms with Gasteiger partial charge in [-0.3, -0.25) is 0 Å². The van der Waals surface area contributed by atoms with E-state index in [4.69, 9.17) is 9.40 Å². The summed E-state index contributed by atoms with van der Waals surface area (Å²) in [6, 6.07) is 31.0. The molecule has 0 aliphatic rings. The van der Waals surface area contributed by atoms with Gasteiger partial charge in [-0.1, -0.05) is 91.0 Å². The quantitative estimate of drug-likeness (QED) is 0.348. The Labute approximate surface area is 163 Å². The second-order valence-electron chi connectivity index (χ2n) is 6.82. The van der Waals surface area contributed by atoms with Gasteiger partial charge in [-0.25, -0.2) is 4.98 Å². The summed E-state index contributed by atoms with van der Waals surface area (Å²) in [5, 5.41) is 2.36. The lowest BCUT2D eigenvalue weighted by Crippen LogP contribution is -1.91. The largest absolute Gasteiger partial charge is 0.436 e. The van der Waals surface area contributed by atoms with Gasteiger partial charge in [0.2, 0.25) is 5.89 Å². The van der Waals surface area contributed by atoms with Gasteiger partial charge in [-0.15, -0.1) is 0 Å². The van der Waals surface area contributed by atoms with Crippen molar-refractivity contribution in [2.45, 2.75) is 6.42 Å². The van der Waals surface area contributed by atoms with E-state index >= 15 is 0 Å². The van der Waals surface area contributed by atoms with Gasteiger partial charge >= 0.3 is 0 Å². The summed E-state index contributed by atoms with van der Waals surface area (Å²) >= 11 is 0. The number of aromatic nitrogens is 1. The van der Waals surface area contributed by atoms with Crippen LogP contribution in [0.3, 0.4) is 0 Å². The van der Waals surface area contributed by atoms with Gasteiger partial charge < -0.3 is 4.42 Å². The number of allylic oxidation sites excluding steroid dienone is 1. The van der Waals surface area contributed by atoms with Crippen LogP contribution in [0.5, 0.6) is 0 Å². The van der Waals surface area contributed by atoms with Crippen LogP contribution in [0.4, 0.5) is 0 Å². The van der Waals surface area contributed by atoms with E-state index in [1.165, 1.54) is 21.9 Å². The highest BCUT2D eigenvalue weighted by Crippen LogP contribution is 2.34. The first-order chi connectivity index (χ1) is 13.9. The standard InChI is InChI=1S/C26H19NO/c1-2-9-19(10-3-1)11-8-13-21-18-17-20-12-4-5-14-22(20)25(21)26-27-23-15-6-7-16-24(23)28-26/h1-12,14-18H,13H2/b11-8+. The Morgan fingerprint density at radius 2 is 1.54 bits per heavy atom. The predicted molar refractivity (Wildman–Crippen MR) is 116 cm³/mol. The zero-order valence-corrected chi connectivity index (χ0v) is 15.4. The van der Waals surface area contributed by atoms with Crippen molar-refractivity contribution in [3.05, 3.63) is 108 Å². The van der Waals surface area contributed by atoms with Crippen LogP contribution >= 0.6 is 0 Å². The topological polar surface area (TPSA) is 26.0 Å². The van der Waals surface area contributed by atoms with Crippen molar-refractivity contribution in [1.82, 2.24) is 4.98 Å². The van der Waals surface area contributed by atoms with E-state index in [1.54, 1.807) is 0 Å². The van der Waals surface area contributed by atoms with Gasteiger partial charge in [0, 0.05) is 5.56 Å². The van der Waals surface area contributed by atoms with E-state index in [0.29, 0.717) is 5.89 Å². The molecule has 0 atom stereocenters. The van der Waals surface area contributed by atoms with Crippen molar-refractivity contribution in [3.8, 4) is 11.5 Å². The minimum Gasteiger partial charge on any atom is -0.436 e. The van der Waals surface area contributed by atoms with E-state index in [-0.39, 0.29) is 0 Å². The van der Waals surface area contributed by atoms with Crippen molar-refractivity contribution in [2.75, 3.05) is 0 Å². The summed E-state index contributed by atoms with van der Waals surface area (Å²) in [7, 11) is 0. The fraction of sp³-hybridized carbons (Fsp3) is 0.0385. The first kappa shape index (κ1) is 16.5. The van der Waals surface area contributed by atoms with Crippen LogP contribution in [0, 0.1) is 0 Å². The fourth-order valence-electron chi connectivity index (χ4n) is 3.60. The Hall–Kier alpha value is -3.65. The lowest BCUT2D eigenvalue weighted by molar-refractivity contribution is 0.620. The molecule has 0 saturated heterocycles. The maximum atomic E-state index is 6.13. The summed E-state index contributed by atoms with van der Waals surface area (Å²) in [4.78, 5) is 4.77. The van der Waals surface area contributed by atoms with E-state index < -0.39 is 0 Å². The van der Waals surface area contributed by atoms with Crippen LogP contribution in [0.15, 0.2) is 101 Å². The van der Waals surface area contributed by atoms with Gasteiger partial charge in [-0.2, -0.15) is 0 Å². The van der Waals surface area contributed by atoms with Crippen molar-refractivity contribution < 1.29 is 4.42 Å². The molecule has 1 heterocycles. The predicted octanol–water partition coefficient (Wildman–Crippen LogP) is 6.90. The molecule has 2 nitrogen and oxygen atoms in total. The lowest BCUT2D eigenvalue weighted by Gasteiger charge is -2.09. The molecule has 5 rings (SSSR count). The Morgan fingerprint density at radius 3 is 2.43 bits per heavy atom. The fourth-order valence-corrected chi connectivity index (χ4v) is 3.60. The molecule has 0 amide bonds. The normalized spacial score (nSPS) is 11.6. The summed E-state index contributed by atoms with van der Waals surface area (Å²) in [5.74, 6) is 0.682. The minimum absolute atomic E-state index is 0.682. The number of benzene rings is 4. The molecule has 5 aromatic rings. The molecule has 134 valence electrons. The van der Waals surface area contributed by atoms with E-state index in [2.05, 4.69) is 72.8 Å². The SMILES string of the molecule is C(=C\c1ccccc1)/Cc1ccc2ccccc2c1-c1nc2ccccc2o1. The molecule has 0 N–H and O–H groups in total. The lowest BCUT2D eigenvalue weighted by atomic mass is 9.96. The Bertz CT molecular complexity index is 1250. The van der Waals surface area contributed by atoms with Crippen molar-refractivity contribution >= 4 is 27.9 Å². The van der Waals surface area contributed by atoms with Crippen LogP contribution in [0.2, 0.25) is 0 Å². The molecule has 0 spiro atoms. The molecule has 0 bridgehead atoms. The average Bonchev–Trinajstić information content (AvgIpc) is 3.18. The summed E-state index contributed by atoms with van der Waals surface area (Å²) < 4.78 is 6.13. The molecule has 28 heavy (non-hydrogen) atoms. The van der Waals surface area contributed by atoms with Crippen LogP contribution in [-0.4, -0.2) is 4.98 Å². The number of hydrogen-bond acceptors (Lipinski definition) is 2. The summed E-state index contributed by atoms with van der Waals surface area (Å²) in [5.41, 5.74) is 5.18. The van der Waals surface area contributed by atoms with Crippen LogP contribution < -0.4 is 0 Å². The minimum atomic E-state index is 0.682. The van der Waals surface area contributed by atoms with Crippen LogP contribution in [-0.2, 0) is 6.42 Å². The second-order valence-corrected chi connectivity index (χ2v) is 6.82. The van der Waals surface area contributed by atoms with Gasteiger partial charge in [-0.05, 0) is 40.5 Å². The molecule has 0 aliphatic heterocycles. The molecular weight excluding hydrogens is 342 g/mol. The number of hydrogen-bond donors (Lipinski definition) is 0. The van der Waals surface area contributed by atoms with Gasteiger partial charge in [0.05, 0.1) is 0 Å². The Balaban J connectivity index is 1.62. The molecule has 0 aliphatic carbocycles. The third-order valence-electron chi connectivity index (χ3n) is 4.97. The number of nitrogens with zero attached hydrogens (tertiary/aromatic N) is 1. The molecule has 4 aromatic carbocycles. The molecule has 0 radical (unpaired) electrons. The summed E-state index contributed by atoms with van der Waals surface area (Å²) in [6.07, 6.45) is 5.17. The molecule has 0 unspecified atom stereocenters. The highest BCUT2D eigenvalue weighted by molar-refractivity contribution is 5.97. The van der Waals surface area contributed by atoms with Gasteiger partial charge in [0.15, 0.2) is 5.58 Å². The van der Waals surface area contributed by atoms with Gasteiger partial charge in [0.1, 0.15) is 5.52 Å². The molecule has 1 aromatic heterocycles. The highest BCUT2D eigenvalue weighted by Gasteiger charge is 2.15. The summed E-state index contributed by atoms with van der Waals surface area (Å²) in [6.45, 7) is 0. The third kappa shape index (κ3) is 3.10. The van der Waals surface area contributed by atoms with Gasteiger partial charge in [0.25, 0.3) is 0 Å². The third-order valence-corrected chi connectivity index (χ3v) is 4.97. The monoisotopic (exact) mass is 361 g/mol. The van der Waals surface area contributed by atoms with Crippen LogP contribution in [0.1, 0.15) is 11.1 Å². The maximum Gasteiger partial charge on any atom is 0.228 e. The average molecular weight is 361 g/mol. The van der Waals surface area contributed by atoms with E-state index in [9.17, 15) is 0 Å². The zero-order valence-electron chi connectivity index (χ0n) is 15.4. The number of para-hydroxylation sites is 2.